The van der Waals surface area contributed by atoms with E-state index in [2.05, 4.69) is 121 Å². The lowest BCUT2D eigenvalue weighted by atomic mass is 10.1. The smallest absolute Gasteiger partial charge is 0.478 e. The van der Waals surface area contributed by atoms with Gasteiger partial charge in [-0.25, -0.2) is 9.59 Å². The van der Waals surface area contributed by atoms with Crippen LogP contribution >= 0.6 is 7.26 Å². The van der Waals surface area contributed by atoms with Crippen LogP contribution in [0.15, 0.2) is 146 Å². The Hall–Kier alpha value is -4.53. The summed E-state index contributed by atoms with van der Waals surface area (Å²) in [5.74, 6) is -2.46. The van der Waals surface area contributed by atoms with Crippen molar-refractivity contribution >= 4 is 40.4 Å². The maximum absolute atomic E-state index is 10.5. The second kappa shape index (κ2) is 11.9. The van der Waals surface area contributed by atoms with E-state index in [1.165, 1.54) is 45.5 Å². The number of benzene rings is 5. The fraction of sp³-hybridized carbons (Fsp3) is 0. The number of aromatic carboxylic acids is 2. The summed E-state index contributed by atoms with van der Waals surface area (Å²) in [4.78, 5) is 20.9. The van der Waals surface area contributed by atoms with Gasteiger partial charge in [0.1, 0.15) is 28.5 Å². The van der Waals surface area contributed by atoms with Crippen LogP contribution in [-0.4, -0.2) is 22.2 Å². The van der Waals surface area contributed by atoms with Gasteiger partial charge in [-0.3, -0.25) is 0 Å². The molecule has 5 heteroatoms. The molecular formula is C32H27O4P+2. The van der Waals surface area contributed by atoms with Crippen LogP contribution in [0.2, 0.25) is 0 Å². The van der Waals surface area contributed by atoms with E-state index in [9.17, 15) is 9.59 Å². The second-order valence-corrected chi connectivity index (χ2v) is 11.6. The monoisotopic (exact) mass is 506 g/mol. The van der Waals surface area contributed by atoms with E-state index in [1.54, 1.807) is 0 Å². The van der Waals surface area contributed by atoms with Crippen molar-refractivity contribution in [2.75, 3.05) is 0 Å². The standard InChI is InChI=1S/C24H20P.C8H6O4/c1-5-13-21(14-6-1)25(22-15-7-2-8-16-22,23-17-9-3-10-18-23)24-19-11-4-12-20-24;9-7(10)5-3-1-2-4-6(5)8(11)12/h1-20H;1-4H,(H,9,10)(H,11,12)/q+1;/p+1. The third kappa shape index (κ3) is 5.50. The zero-order chi connectivity index (χ0) is 26.1. The molecule has 0 spiro atoms. The van der Waals surface area contributed by atoms with E-state index in [0.717, 1.165) is 0 Å². The Labute approximate surface area is 218 Å². The highest BCUT2D eigenvalue weighted by Crippen LogP contribution is 2.53. The van der Waals surface area contributed by atoms with Gasteiger partial charge in [-0.15, -0.1) is 0 Å². The van der Waals surface area contributed by atoms with E-state index in [-0.39, 0.29) is 12.6 Å². The summed E-state index contributed by atoms with van der Waals surface area (Å²) in [6.07, 6.45) is 0. The normalized spacial score (nSPS) is 10.6. The van der Waals surface area contributed by atoms with Crippen LogP contribution in [-0.2, 0) is 0 Å². The molecule has 0 aliphatic carbocycles. The number of carboxylic acid groups (broad SMARTS) is 2. The highest BCUT2D eigenvalue weighted by Gasteiger charge is 2.47. The third-order valence-electron chi connectivity index (χ3n) is 5.96. The molecule has 5 aromatic carbocycles. The third-order valence-corrected chi connectivity index (χ3v) is 10.3. The Bertz CT molecular complexity index is 1260. The minimum absolute atomic E-state index is 0. The van der Waals surface area contributed by atoms with Crippen LogP contribution < -0.4 is 21.2 Å². The van der Waals surface area contributed by atoms with Crippen molar-refractivity contribution in [2.45, 2.75) is 0 Å². The average Bonchev–Trinajstić information content (AvgIpc) is 2.96. The fourth-order valence-corrected chi connectivity index (χ4v) is 8.62. The lowest BCUT2D eigenvalue weighted by Crippen LogP contribution is -2.38. The highest BCUT2D eigenvalue weighted by molar-refractivity contribution is 8.01. The zero-order valence-corrected chi connectivity index (χ0v) is 20.9. The summed E-state index contributed by atoms with van der Waals surface area (Å²) in [6, 6.07) is 49.3. The van der Waals surface area contributed by atoms with Gasteiger partial charge in [0, 0.05) is 0 Å². The van der Waals surface area contributed by atoms with Crippen LogP contribution in [0.4, 0.5) is 0 Å². The molecule has 0 heterocycles. The lowest BCUT2D eigenvalue weighted by molar-refractivity contribution is 0.0651. The van der Waals surface area contributed by atoms with Crippen LogP contribution in [0.3, 0.4) is 0 Å². The minimum atomic E-state index is -1.91. The average molecular weight is 507 g/mol. The molecule has 2 N–H and O–H groups in total. The molecule has 182 valence electrons. The first-order valence-corrected chi connectivity index (χ1v) is 13.5. The van der Waals surface area contributed by atoms with Crippen molar-refractivity contribution in [3.63, 3.8) is 0 Å². The van der Waals surface area contributed by atoms with Crippen molar-refractivity contribution in [3.8, 4) is 0 Å². The van der Waals surface area contributed by atoms with Crippen molar-refractivity contribution < 1.29 is 21.2 Å². The van der Waals surface area contributed by atoms with Crippen molar-refractivity contribution in [1.82, 2.24) is 0 Å². The van der Waals surface area contributed by atoms with Crippen molar-refractivity contribution in [3.05, 3.63) is 157 Å². The Kier molecular flexibility index (Phi) is 8.25. The van der Waals surface area contributed by atoms with E-state index < -0.39 is 19.2 Å². The molecule has 0 aliphatic heterocycles. The molecule has 0 radical (unpaired) electrons. The zero-order valence-electron chi connectivity index (χ0n) is 21.0. The summed E-state index contributed by atoms with van der Waals surface area (Å²) < 4.78 is 0. The molecule has 0 unspecified atom stereocenters. The molecule has 4 nitrogen and oxygen atoms in total. The maximum atomic E-state index is 10.5. The molecule has 0 aliphatic rings. The Morgan fingerprint density at radius 3 is 0.838 bits per heavy atom. The Morgan fingerprint density at radius 1 is 0.405 bits per heavy atom. The van der Waals surface area contributed by atoms with Gasteiger partial charge in [0.05, 0.1) is 11.1 Å². The molecule has 5 rings (SSSR count). The molecule has 0 aromatic heterocycles. The quantitative estimate of drug-likeness (QED) is 0.298. The molecule has 0 saturated carbocycles. The number of hydrogen-bond donors (Lipinski definition) is 2. The van der Waals surface area contributed by atoms with Crippen LogP contribution in [0.1, 0.15) is 22.1 Å². The largest absolute Gasteiger partial charge is 1.00 e. The fourth-order valence-electron chi connectivity index (χ4n) is 4.36. The first-order chi connectivity index (χ1) is 18.0. The van der Waals surface area contributed by atoms with Gasteiger partial charge < -0.3 is 10.2 Å². The summed E-state index contributed by atoms with van der Waals surface area (Å²) in [5, 5.41) is 22.7. The molecule has 0 amide bonds. The summed E-state index contributed by atoms with van der Waals surface area (Å²) in [6.45, 7) is 0. The summed E-state index contributed by atoms with van der Waals surface area (Å²) >= 11 is 0. The predicted octanol–water partition coefficient (Wildman–Crippen LogP) is 5.50. The van der Waals surface area contributed by atoms with E-state index in [0.29, 0.717) is 0 Å². The number of carbonyl (C=O) groups is 2. The number of rotatable bonds is 6. The molecule has 0 bridgehead atoms. The Morgan fingerprint density at radius 2 is 0.622 bits per heavy atom. The van der Waals surface area contributed by atoms with Crippen LogP contribution in [0.25, 0.3) is 0 Å². The van der Waals surface area contributed by atoms with Crippen LogP contribution in [0.5, 0.6) is 0 Å². The number of carboxylic acids is 2. The predicted molar refractivity (Wildman–Crippen MR) is 153 cm³/mol. The molecule has 5 aromatic rings. The topological polar surface area (TPSA) is 74.6 Å². The van der Waals surface area contributed by atoms with E-state index >= 15 is 0 Å². The van der Waals surface area contributed by atoms with E-state index in [1.807, 2.05) is 0 Å². The van der Waals surface area contributed by atoms with Crippen LogP contribution in [0, 0.1) is 0 Å². The first-order valence-electron chi connectivity index (χ1n) is 11.7. The SMILES string of the molecule is O=C(O)c1ccccc1C(=O)O.[H+].c1ccc([P+](c2ccccc2)(c2ccccc2)c2ccccc2)cc1. The van der Waals surface area contributed by atoms with Gasteiger partial charge in [0.2, 0.25) is 0 Å². The summed E-state index contributed by atoms with van der Waals surface area (Å²) in [7, 11) is -1.91. The second-order valence-electron chi connectivity index (χ2n) is 8.17. The molecular weight excluding hydrogens is 479 g/mol. The maximum Gasteiger partial charge on any atom is 1.00 e. The Balaban J connectivity index is 0.000000262. The van der Waals surface area contributed by atoms with Crippen molar-refractivity contribution in [2.24, 2.45) is 0 Å². The van der Waals surface area contributed by atoms with E-state index in [4.69, 9.17) is 10.2 Å². The first kappa shape index (κ1) is 25.6. The van der Waals surface area contributed by atoms with Gasteiger partial charge >= 0.3 is 13.4 Å². The van der Waals surface area contributed by atoms with Gasteiger partial charge in [-0.05, 0) is 60.7 Å². The van der Waals surface area contributed by atoms with Gasteiger partial charge in [0.15, 0.2) is 0 Å². The van der Waals surface area contributed by atoms with Crippen molar-refractivity contribution in [1.29, 1.82) is 0 Å². The van der Waals surface area contributed by atoms with Gasteiger partial charge in [-0.2, -0.15) is 0 Å². The van der Waals surface area contributed by atoms with Gasteiger partial charge in [-0.1, -0.05) is 84.9 Å². The molecule has 37 heavy (non-hydrogen) atoms. The lowest BCUT2D eigenvalue weighted by Gasteiger charge is -2.27. The van der Waals surface area contributed by atoms with Gasteiger partial charge in [0.25, 0.3) is 0 Å². The molecule has 0 fully saturated rings. The number of hydrogen-bond acceptors (Lipinski definition) is 2. The summed E-state index contributed by atoms with van der Waals surface area (Å²) in [5.41, 5.74) is -0.380. The molecule has 0 atom stereocenters. The molecule has 0 saturated heterocycles. The highest BCUT2D eigenvalue weighted by atomic mass is 31.2. The minimum Gasteiger partial charge on any atom is -0.478 e.